The van der Waals surface area contributed by atoms with Crippen molar-refractivity contribution < 1.29 is 23.8 Å². The monoisotopic (exact) mass is 356 g/mol. The second-order valence-electron chi connectivity index (χ2n) is 5.96. The number of benzene rings is 1. The van der Waals surface area contributed by atoms with Gasteiger partial charge in [-0.15, -0.1) is 0 Å². The maximum Gasteiger partial charge on any atom is 0.340 e. The second-order valence-corrected chi connectivity index (χ2v) is 5.96. The Morgan fingerprint density at radius 1 is 1.19 bits per heavy atom. The lowest BCUT2D eigenvalue weighted by Crippen LogP contribution is -2.30. The minimum absolute atomic E-state index is 0.0125. The Hall–Kier alpha value is -3.27. The first kappa shape index (κ1) is 19.1. The van der Waals surface area contributed by atoms with Crippen molar-refractivity contribution in [2.45, 2.75) is 32.8 Å². The lowest BCUT2D eigenvalue weighted by atomic mass is 9.82. The van der Waals surface area contributed by atoms with Crippen LogP contribution in [-0.2, 0) is 23.8 Å². The molecule has 7 nitrogen and oxygen atoms in total. The Morgan fingerprint density at radius 2 is 1.81 bits per heavy atom. The SMILES string of the molecule is COC(=O)C1=C(N)OC(C)=C(C(=O)OC(C)C)[C@@H]1c1ccc(C#N)cc1. The third-order valence-electron chi connectivity index (χ3n) is 3.83. The van der Waals surface area contributed by atoms with E-state index in [0.29, 0.717) is 11.1 Å². The molecular weight excluding hydrogens is 336 g/mol. The molecule has 0 radical (unpaired) electrons. The average Bonchev–Trinajstić information content (AvgIpc) is 2.59. The highest BCUT2D eigenvalue weighted by molar-refractivity contribution is 5.99. The first-order chi connectivity index (χ1) is 12.3. The van der Waals surface area contributed by atoms with Gasteiger partial charge in [0.05, 0.1) is 36.3 Å². The van der Waals surface area contributed by atoms with E-state index >= 15 is 0 Å². The lowest BCUT2D eigenvalue weighted by Gasteiger charge is -2.29. The Balaban J connectivity index is 2.63. The van der Waals surface area contributed by atoms with Crippen LogP contribution in [0.1, 0.15) is 37.8 Å². The summed E-state index contributed by atoms with van der Waals surface area (Å²) < 4.78 is 15.5. The molecule has 1 atom stereocenters. The van der Waals surface area contributed by atoms with Gasteiger partial charge in [0.25, 0.3) is 0 Å². The van der Waals surface area contributed by atoms with Gasteiger partial charge in [-0.1, -0.05) is 12.1 Å². The van der Waals surface area contributed by atoms with Crippen LogP contribution in [0.25, 0.3) is 0 Å². The van der Waals surface area contributed by atoms with Gasteiger partial charge in [-0.3, -0.25) is 0 Å². The number of carbonyl (C=O) groups is 2. The number of carbonyl (C=O) groups excluding carboxylic acids is 2. The highest BCUT2D eigenvalue weighted by atomic mass is 16.5. The molecule has 0 aliphatic carbocycles. The summed E-state index contributed by atoms with van der Waals surface area (Å²) >= 11 is 0. The molecule has 0 saturated heterocycles. The van der Waals surface area contributed by atoms with Crippen molar-refractivity contribution in [2.24, 2.45) is 5.73 Å². The standard InChI is InChI=1S/C19H20N2O5/c1-10(2)25-19(23)14-11(3)26-17(21)16(18(22)24-4)15(14)13-7-5-12(9-20)6-8-13/h5-8,10,15H,21H2,1-4H3/t15-/m0/s1. The number of nitrogens with two attached hydrogens (primary N) is 1. The van der Waals surface area contributed by atoms with E-state index in [1.165, 1.54) is 7.11 Å². The number of nitrogens with zero attached hydrogens (tertiary/aromatic N) is 1. The van der Waals surface area contributed by atoms with Crippen molar-refractivity contribution in [2.75, 3.05) is 7.11 Å². The number of ether oxygens (including phenoxy) is 3. The van der Waals surface area contributed by atoms with Gasteiger partial charge in [-0.2, -0.15) is 5.26 Å². The molecule has 136 valence electrons. The molecule has 2 N–H and O–H groups in total. The van der Waals surface area contributed by atoms with Crippen LogP contribution in [0.4, 0.5) is 0 Å². The fourth-order valence-electron chi connectivity index (χ4n) is 2.72. The van der Waals surface area contributed by atoms with Crippen LogP contribution in [-0.4, -0.2) is 25.2 Å². The van der Waals surface area contributed by atoms with Gasteiger partial charge >= 0.3 is 11.9 Å². The van der Waals surface area contributed by atoms with E-state index in [1.54, 1.807) is 45.0 Å². The first-order valence-corrected chi connectivity index (χ1v) is 7.97. The smallest absolute Gasteiger partial charge is 0.340 e. The van der Waals surface area contributed by atoms with Gasteiger partial charge in [-0.25, -0.2) is 9.59 Å². The Morgan fingerprint density at radius 3 is 2.31 bits per heavy atom. The van der Waals surface area contributed by atoms with Crippen molar-refractivity contribution in [3.8, 4) is 6.07 Å². The Labute approximate surface area is 151 Å². The largest absolute Gasteiger partial charge is 0.465 e. The van der Waals surface area contributed by atoms with Gasteiger partial charge in [0.1, 0.15) is 11.3 Å². The van der Waals surface area contributed by atoms with Crippen molar-refractivity contribution >= 4 is 11.9 Å². The lowest BCUT2D eigenvalue weighted by molar-refractivity contribution is -0.143. The van der Waals surface area contributed by atoms with Crippen LogP contribution < -0.4 is 5.73 Å². The van der Waals surface area contributed by atoms with E-state index < -0.39 is 17.9 Å². The molecule has 0 aromatic heterocycles. The number of esters is 2. The average molecular weight is 356 g/mol. The molecule has 0 unspecified atom stereocenters. The van der Waals surface area contributed by atoms with Crippen LogP contribution in [0, 0.1) is 11.3 Å². The number of allylic oxidation sites excluding steroid dienone is 1. The molecule has 0 fully saturated rings. The zero-order chi connectivity index (χ0) is 19.4. The third-order valence-corrected chi connectivity index (χ3v) is 3.83. The zero-order valence-corrected chi connectivity index (χ0v) is 15.0. The van der Waals surface area contributed by atoms with Crippen LogP contribution in [0.5, 0.6) is 0 Å². The molecule has 7 heteroatoms. The minimum Gasteiger partial charge on any atom is -0.465 e. The van der Waals surface area contributed by atoms with Gasteiger partial charge in [-0.05, 0) is 38.5 Å². The Bertz CT molecular complexity index is 828. The summed E-state index contributed by atoms with van der Waals surface area (Å²) in [5.41, 5.74) is 7.13. The van der Waals surface area contributed by atoms with Gasteiger partial charge < -0.3 is 19.9 Å². The molecule has 1 aliphatic heterocycles. The number of nitriles is 1. The second kappa shape index (κ2) is 7.74. The maximum absolute atomic E-state index is 12.7. The molecular formula is C19H20N2O5. The molecule has 0 saturated carbocycles. The molecule has 0 bridgehead atoms. The summed E-state index contributed by atoms with van der Waals surface area (Å²) in [5, 5.41) is 8.98. The molecule has 1 aliphatic rings. The summed E-state index contributed by atoms with van der Waals surface area (Å²) in [7, 11) is 1.22. The normalized spacial score (nSPS) is 16.8. The predicted molar refractivity (Wildman–Crippen MR) is 92.1 cm³/mol. The van der Waals surface area contributed by atoms with E-state index in [1.807, 2.05) is 6.07 Å². The predicted octanol–water partition coefficient (Wildman–Crippen LogP) is 2.24. The number of hydrogen-bond donors (Lipinski definition) is 1. The summed E-state index contributed by atoms with van der Waals surface area (Å²) in [6.07, 6.45) is -0.353. The van der Waals surface area contributed by atoms with E-state index in [0.717, 1.165) is 0 Å². The fourth-order valence-corrected chi connectivity index (χ4v) is 2.72. The van der Waals surface area contributed by atoms with Crippen molar-refractivity contribution in [1.29, 1.82) is 5.26 Å². The van der Waals surface area contributed by atoms with Crippen molar-refractivity contribution in [1.82, 2.24) is 0 Å². The Kier molecular flexibility index (Phi) is 5.68. The molecule has 1 heterocycles. The summed E-state index contributed by atoms with van der Waals surface area (Å²) in [6.45, 7) is 5.02. The van der Waals surface area contributed by atoms with E-state index in [2.05, 4.69) is 0 Å². The van der Waals surface area contributed by atoms with E-state index in [9.17, 15) is 9.59 Å². The van der Waals surface area contributed by atoms with Gasteiger partial charge in [0, 0.05) is 0 Å². The topological polar surface area (TPSA) is 112 Å². The van der Waals surface area contributed by atoms with Gasteiger partial charge in [0.2, 0.25) is 5.88 Å². The van der Waals surface area contributed by atoms with Crippen LogP contribution >= 0.6 is 0 Å². The molecule has 26 heavy (non-hydrogen) atoms. The van der Waals surface area contributed by atoms with Crippen LogP contribution in [0.15, 0.2) is 47.1 Å². The fraction of sp³-hybridized carbons (Fsp3) is 0.316. The third kappa shape index (κ3) is 3.70. The maximum atomic E-state index is 12.7. The van der Waals surface area contributed by atoms with Crippen molar-refractivity contribution in [3.05, 3.63) is 58.2 Å². The highest BCUT2D eigenvalue weighted by Crippen LogP contribution is 2.40. The summed E-state index contributed by atoms with van der Waals surface area (Å²) in [5.74, 6) is -2.03. The number of rotatable bonds is 4. The van der Waals surface area contributed by atoms with Gasteiger partial charge in [0.15, 0.2) is 0 Å². The summed E-state index contributed by atoms with van der Waals surface area (Å²) in [4.78, 5) is 25.0. The molecule has 0 amide bonds. The number of hydrogen-bond acceptors (Lipinski definition) is 7. The minimum atomic E-state index is -0.824. The molecule has 0 spiro atoms. The summed E-state index contributed by atoms with van der Waals surface area (Å²) in [6, 6.07) is 8.52. The van der Waals surface area contributed by atoms with Crippen molar-refractivity contribution in [3.63, 3.8) is 0 Å². The van der Waals surface area contributed by atoms with Crippen LogP contribution in [0.3, 0.4) is 0 Å². The molecule has 1 aromatic rings. The number of methoxy groups -OCH3 is 1. The molecule has 2 rings (SSSR count). The highest BCUT2D eigenvalue weighted by Gasteiger charge is 2.40. The quantitative estimate of drug-likeness (QED) is 0.823. The zero-order valence-electron chi connectivity index (χ0n) is 15.0. The van der Waals surface area contributed by atoms with E-state index in [-0.39, 0.29) is 28.9 Å². The molecule has 1 aromatic carbocycles. The first-order valence-electron chi connectivity index (χ1n) is 7.97. The van der Waals surface area contributed by atoms with Crippen LogP contribution in [0.2, 0.25) is 0 Å². The van der Waals surface area contributed by atoms with E-state index in [4.69, 9.17) is 25.2 Å².